The van der Waals surface area contributed by atoms with Crippen molar-refractivity contribution in [3.63, 3.8) is 0 Å². The second-order valence-corrected chi connectivity index (χ2v) is 7.48. The molecule has 1 N–H and O–H groups in total. The molecule has 0 saturated heterocycles. The summed E-state index contributed by atoms with van der Waals surface area (Å²) in [6, 6.07) is 12.3. The van der Waals surface area contributed by atoms with E-state index in [2.05, 4.69) is 5.32 Å². The first-order chi connectivity index (χ1) is 14.6. The van der Waals surface area contributed by atoms with Gasteiger partial charge in [0.05, 0.1) is 32.0 Å². The van der Waals surface area contributed by atoms with Crippen LogP contribution in [0.3, 0.4) is 0 Å². The van der Waals surface area contributed by atoms with Crippen molar-refractivity contribution in [2.75, 3.05) is 7.11 Å². The van der Waals surface area contributed by atoms with Crippen molar-refractivity contribution in [3.8, 4) is 5.75 Å². The van der Waals surface area contributed by atoms with Gasteiger partial charge >= 0.3 is 5.69 Å². The molecule has 9 heteroatoms. The van der Waals surface area contributed by atoms with Crippen molar-refractivity contribution in [1.82, 2.24) is 14.5 Å². The molecule has 0 spiro atoms. The van der Waals surface area contributed by atoms with Gasteiger partial charge in [-0.15, -0.1) is 11.3 Å². The highest BCUT2D eigenvalue weighted by molar-refractivity contribution is 7.17. The first-order valence-electron chi connectivity index (χ1n) is 9.20. The summed E-state index contributed by atoms with van der Waals surface area (Å²) in [6.07, 6.45) is 1.52. The quantitative estimate of drug-likeness (QED) is 0.490. The van der Waals surface area contributed by atoms with Gasteiger partial charge in [0.15, 0.2) is 0 Å². The number of fused-ring (bicyclic) bond motifs is 1. The van der Waals surface area contributed by atoms with Gasteiger partial charge in [0.1, 0.15) is 22.8 Å². The van der Waals surface area contributed by atoms with E-state index in [1.165, 1.54) is 29.3 Å². The molecule has 0 aliphatic rings. The topological polar surface area (TPSA) is 95.5 Å². The molecule has 0 unspecified atom stereocenters. The maximum Gasteiger partial charge on any atom is 0.332 e. The largest absolute Gasteiger partial charge is 0.496 e. The van der Waals surface area contributed by atoms with Crippen molar-refractivity contribution in [3.05, 3.63) is 86.3 Å². The van der Waals surface area contributed by atoms with E-state index in [4.69, 9.17) is 9.15 Å². The normalized spacial score (nSPS) is 11.0. The first-order valence-corrected chi connectivity index (χ1v) is 10.1. The molecule has 0 radical (unpaired) electrons. The summed E-state index contributed by atoms with van der Waals surface area (Å²) < 4.78 is 13.4. The van der Waals surface area contributed by atoms with Gasteiger partial charge in [-0.05, 0) is 29.6 Å². The van der Waals surface area contributed by atoms with Crippen LogP contribution in [0.4, 0.5) is 0 Å². The van der Waals surface area contributed by atoms with Gasteiger partial charge < -0.3 is 14.5 Å². The number of benzene rings is 1. The van der Waals surface area contributed by atoms with Crippen molar-refractivity contribution < 1.29 is 13.9 Å². The fourth-order valence-electron chi connectivity index (χ4n) is 3.23. The second kappa shape index (κ2) is 8.42. The van der Waals surface area contributed by atoms with Crippen molar-refractivity contribution >= 4 is 27.5 Å². The van der Waals surface area contributed by atoms with Gasteiger partial charge in [0.2, 0.25) is 5.91 Å². The lowest BCUT2D eigenvalue weighted by Gasteiger charge is -2.13. The second-order valence-electron chi connectivity index (χ2n) is 6.56. The Morgan fingerprint density at radius 1 is 1.13 bits per heavy atom. The average Bonchev–Trinajstić information content (AvgIpc) is 3.45. The minimum Gasteiger partial charge on any atom is -0.496 e. The summed E-state index contributed by atoms with van der Waals surface area (Å²) in [5, 5.41) is 4.46. The van der Waals surface area contributed by atoms with Gasteiger partial charge in [-0.25, -0.2) is 4.79 Å². The monoisotopic (exact) mass is 425 g/mol. The summed E-state index contributed by atoms with van der Waals surface area (Å²) in [4.78, 5) is 38.6. The maximum atomic E-state index is 13.2. The average molecular weight is 425 g/mol. The highest BCUT2D eigenvalue weighted by Gasteiger charge is 2.17. The van der Waals surface area contributed by atoms with E-state index in [1.54, 1.807) is 35.7 Å². The van der Waals surface area contributed by atoms with Gasteiger partial charge in [0.25, 0.3) is 5.56 Å². The molecular formula is C21H19N3O5S. The molecule has 8 nitrogen and oxygen atoms in total. The van der Waals surface area contributed by atoms with Crippen LogP contribution in [0.1, 0.15) is 11.3 Å². The lowest BCUT2D eigenvalue weighted by Crippen LogP contribution is -2.42. The fourth-order valence-corrected chi connectivity index (χ4v) is 4.07. The number of aromatic nitrogens is 2. The summed E-state index contributed by atoms with van der Waals surface area (Å²) in [7, 11) is 1.53. The van der Waals surface area contributed by atoms with Crippen LogP contribution in [0.15, 0.2) is 68.1 Å². The lowest BCUT2D eigenvalue weighted by atomic mass is 10.2. The molecule has 4 aromatic rings. The molecule has 0 bridgehead atoms. The highest BCUT2D eigenvalue weighted by Crippen LogP contribution is 2.19. The minimum absolute atomic E-state index is 0.0452. The Balaban J connectivity index is 1.69. The van der Waals surface area contributed by atoms with Crippen LogP contribution in [-0.2, 0) is 24.4 Å². The predicted octanol–water partition coefficient (Wildman–Crippen LogP) is 2.19. The van der Waals surface area contributed by atoms with Crippen LogP contribution in [0.5, 0.6) is 5.75 Å². The third kappa shape index (κ3) is 3.79. The number of amides is 1. The maximum absolute atomic E-state index is 13.2. The molecule has 3 aromatic heterocycles. The summed E-state index contributed by atoms with van der Waals surface area (Å²) >= 11 is 1.24. The molecule has 0 atom stereocenters. The summed E-state index contributed by atoms with van der Waals surface area (Å²) in [5.41, 5.74) is 0.205. The van der Waals surface area contributed by atoms with Crippen LogP contribution < -0.4 is 21.3 Å². The van der Waals surface area contributed by atoms with E-state index in [1.807, 2.05) is 12.1 Å². The molecule has 154 valence electrons. The summed E-state index contributed by atoms with van der Waals surface area (Å²) in [5.74, 6) is 0.832. The Morgan fingerprint density at radius 3 is 2.73 bits per heavy atom. The SMILES string of the molecule is COc1ccccc1Cn1c(=O)c2sccc2n(CC(=O)NCc2ccco2)c1=O. The Morgan fingerprint density at radius 2 is 1.97 bits per heavy atom. The fraction of sp³-hybridized carbons (Fsp3) is 0.190. The number of hydrogen-bond acceptors (Lipinski definition) is 6. The predicted molar refractivity (Wildman–Crippen MR) is 113 cm³/mol. The number of hydrogen-bond donors (Lipinski definition) is 1. The number of methoxy groups -OCH3 is 1. The van der Waals surface area contributed by atoms with Gasteiger partial charge in [-0.2, -0.15) is 0 Å². The van der Waals surface area contributed by atoms with E-state index >= 15 is 0 Å². The van der Waals surface area contributed by atoms with Crippen molar-refractivity contribution in [2.24, 2.45) is 0 Å². The van der Waals surface area contributed by atoms with Crippen molar-refractivity contribution in [1.29, 1.82) is 0 Å². The zero-order valence-electron chi connectivity index (χ0n) is 16.2. The van der Waals surface area contributed by atoms with Crippen LogP contribution >= 0.6 is 11.3 Å². The number of thiophene rings is 1. The van der Waals surface area contributed by atoms with Crippen LogP contribution in [0.2, 0.25) is 0 Å². The molecule has 1 amide bonds. The number of carbonyl (C=O) groups excluding carboxylic acids is 1. The van der Waals surface area contributed by atoms with E-state index in [-0.39, 0.29) is 31.1 Å². The Kier molecular flexibility index (Phi) is 5.53. The van der Waals surface area contributed by atoms with E-state index < -0.39 is 5.69 Å². The third-order valence-electron chi connectivity index (χ3n) is 4.70. The molecule has 0 aliphatic carbocycles. The number of nitrogens with zero attached hydrogens (tertiary/aromatic N) is 2. The van der Waals surface area contributed by atoms with Gasteiger partial charge in [0, 0.05) is 5.56 Å². The van der Waals surface area contributed by atoms with Crippen LogP contribution in [-0.4, -0.2) is 22.2 Å². The standard InChI is InChI=1S/C21H19N3O5S/c1-28-17-7-3-2-5-14(17)12-24-20(26)19-16(8-10-30-19)23(21(24)27)13-18(25)22-11-15-6-4-9-29-15/h2-10H,11-13H2,1H3,(H,22,25). The zero-order chi connectivity index (χ0) is 21.1. The van der Waals surface area contributed by atoms with E-state index in [0.717, 1.165) is 4.57 Å². The molecule has 0 fully saturated rings. The van der Waals surface area contributed by atoms with Crippen LogP contribution in [0.25, 0.3) is 10.2 Å². The Bertz CT molecular complexity index is 1300. The lowest BCUT2D eigenvalue weighted by molar-refractivity contribution is -0.121. The molecule has 1 aromatic carbocycles. The molecule has 0 aliphatic heterocycles. The van der Waals surface area contributed by atoms with E-state index in [9.17, 15) is 14.4 Å². The van der Waals surface area contributed by atoms with E-state index in [0.29, 0.717) is 27.3 Å². The Labute approximate surface area is 174 Å². The van der Waals surface area contributed by atoms with Crippen LogP contribution in [0, 0.1) is 0 Å². The number of nitrogens with one attached hydrogen (secondary N) is 1. The number of ether oxygens (including phenoxy) is 1. The number of para-hydroxylation sites is 1. The van der Waals surface area contributed by atoms with Crippen molar-refractivity contribution in [2.45, 2.75) is 19.6 Å². The molecule has 3 heterocycles. The number of furan rings is 1. The van der Waals surface area contributed by atoms with Gasteiger partial charge in [-0.3, -0.25) is 18.7 Å². The van der Waals surface area contributed by atoms with Gasteiger partial charge in [-0.1, -0.05) is 18.2 Å². The third-order valence-corrected chi connectivity index (χ3v) is 5.59. The number of carbonyl (C=O) groups is 1. The highest BCUT2D eigenvalue weighted by atomic mass is 32.1. The molecular weight excluding hydrogens is 406 g/mol. The Hall–Kier alpha value is -3.59. The number of rotatable bonds is 7. The molecule has 30 heavy (non-hydrogen) atoms. The smallest absolute Gasteiger partial charge is 0.332 e. The minimum atomic E-state index is -0.551. The first kappa shape index (κ1) is 19.7. The molecule has 4 rings (SSSR count). The zero-order valence-corrected chi connectivity index (χ0v) is 17.0. The summed E-state index contributed by atoms with van der Waals surface area (Å²) in [6.45, 7) is 0.0523. The molecule has 0 saturated carbocycles.